The molecule has 6 nitrogen and oxygen atoms in total. The Balaban J connectivity index is 1.43. The topological polar surface area (TPSA) is 83.0 Å². The zero-order chi connectivity index (χ0) is 20.3. The fourth-order valence-corrected chi connectivity index (χ4v) is 6.13. The molecule has 3 N–H and O–H groups in total. The molecule has 4 bridgehead atoms. The fraction of sp³-hybridized carbons (Fsp3) is 0.652. The first-order chi connectivity index (χ1) is 14.0. The van der Waals surface area contributed by atoms with Gasteiger partial charge in [-0.2, -0.15) is 0 Å². The van der Waals surface area contributed by atoms with Gasteiger partial charge < -0.3 is 20.5 Å². The molecule has 0 aliphatic heterocycles. The number of ether oxygens (including phenoxy) is 1. The minimum atomic E-state index is -0.912. The van der Waals surface area contributed by atoms with Gasteiger partial charge in [0.2, 0.25) is 0 Å². The molecule has 0 saturated heterocycles. The van der Waals surface area contributed by atoms with Crippen molar-refractivity contribution in [1.29, 1.82) is 0 Å². The van der Waals surface area contributed by atoms with Gasteiger partial charge >= 0.3 is 5.97 Å². The lowest BCUT2D eigenvalue weighted by Crippen LogP contribution is -2.48. The first kappa shape index (κ1) is 20.2. The largest absolute Gasteiger partial charge is 0.478 e. The number of aromatic carboxylic acids is 1. The zero-order valence-corrected chi connectivity index (χ0v) is 17.3. The summed E-state index contributed by atoms with van der Waals surface area (Å²) in [5.74, 6) is 2.63. The Morgan fingerprint density at radius 3 is 2.31 bits per heavy atom. The van der Waals surface area contributed by atoms with E-state index in [1.165, 1.54) is 38.5 Å². The number of hydrogen-bond donors (Lipinski definition) is 3. The number of anilines is 1. The van der Waals surface area contributed by atoms with Crippen LogP contribution in [0.15, 0.2) is 29.3 Å². The number of hydrogen-bond acceptors (Lipinski definition) is 3. The molecule has 5 rings (SSSR count). The van der Waals surface area contributed by atoms with Crippen molar-refractivity contribution in [1.82, 2.24) is 5.32 Å². The van der Waals surface area contributed by atoms with Gasteiger partial charge in [-0.25, -0.2) is 4.79 Å². The minimum Gasteiger partial charge on any atom is -0.478 e. The lowest BCUT2D eigenvalue weighted by atomic mass is 9.49. The standard InChI is InChI=1S/C23H33N3O3/c1-29-8-2-7-24-22(26-20-5-3-19(4-6-20)21(27)28)25-15-23-12-16-9-17(13-23)11-18(10-16)14-23/h3-6,16-18H,2,7-15H2,1H3,(H,27,28)(H2,24,25,26). The Labute approximate surface area is 173 Å². The fourth-order valence-electron chi connectivity index (χ4n) is 6.13. The number of carbonyl (C=O) groups is 1. The molecule has 0 aromatic heterocycles. The number of carboxylic acids is 1. The first-order valence-electron chi connectivity index (χ1n) is 10.9. The molecule has 0 amide bonds. The van der Waals surface area contributed by atoms with Gasteiger partial charge in [-0.05, 0) is 92.4 Å². The molecule has 1 aromatic rings. The second kappa shape index (κ2) is 8.74. The van der Waals surface area contributed by atoms with E-state index in [1.54, 1.807) is 31.4 Å². The van der Waals surface area contributed by atoms with Gasteiger partial charge in [0.05, 0.1) is 5.56 Å². The van der Waals surface area contributed by atoms with Crippen molar-refractivity contribution in [3.8, 4) is 0 Å². The molecule has 29 heavy (non-hydrogen) atoms. The number of nitrogens with one attached hydrogen (secondary N) is 2. The summed E-state index contributed by atoms with van der Waals surface area (Å²) in [5, 5.41) is 15.9. The van der Waals surface area contributed by atoms with Gasteiger partial charge in [0.15, 0.2) is 5.96 Å². The van der Waals surface area contributed by atoms with Gasteiger partial charge in [-0.3, -0.25) is 4.99 Å². The third-order valence-corrected chi connectivity index (χ3v) is 6.95. The van der Waals surface area contributed by atoms with Crippen molar-refractivity contribution in [3.05, 3.63) is 29.8 Å². The second-order valence-electron chi connectivity index (χ2n) is 9.36. The Kier molecular flexibility index (Phi) is 6.09. The Morgan fingerprint density at radius 2 is 1.76 bits per heavy atom. The van der Waals surface area contributed by atoms with Crippen molar-refractivity contribution in [2.45, 2.75) is 44.9 Å². The van der Waals surface area contributed by atoms with E-state index in [4.69, 9.17) is 14.8 Å². The second-order valence-corrected chi connectivity index (χ2v) is 9.36. The molecule has 0 spiro atoms. The van der Waals surface area contributed by atoms with Crippen molar-refractivity contribution < 1.29 is 14.6 Å². The highest BCUT2D eigenvalue weighted by Gasteiger charge is 2.50. The summed E-state index contributed by atoms with van der Waals surface area (Å²) in [7, 11) is 1.71. The summed E-state index contributed by atoms with van der Waals surface area (Å²) in [6, 6.07) is 6.82. The molecule has 0 heterocycles. The highest BCUT2D eigenvalue weighted by Crippen LogP contribution is 2.60. The Hall–Kier alpha value is -2.08. The average molecular weight is 400 g/mol. The predicted molar refractivity (Wildman–Crippen MR) is 114 cm³/mol. The van der Waals surface area contributed by atoms with Crippen LogP contribution in [0.1, 0.15) is 55.3 Å². The van der Waals surface area contributed by atoms with Gasteiger partial charge in [0, 0.05) is 32.5 Å². The van der Waals surface area contributed by atoms with Crippen molar-refractivity contribution in [2.75, 3.05) is 32.1 Å². The molecule has 4 aliphatic carbocycles. The lowest BCUT2D eigenvalue weighted by Gasteiger charge is -2.56. The normalized spacial score (nSPS) is 30.4. The predicted octanol–water partition coefficient (Wildman–Crippen LogP) is 4.00. The van der Waals surface area contributed by atoms with Crippen LogP contribution in [0.5, 0.6) is 0 Å². The Bertz CT molecular complexity index is 709. The van der Waals surface area contributed by atoms with Crippen molar-refractivity contribution in [3.63, 3.8) is 0 Å². The third kappa shape index (κ3) is 4.92. The summed E-state index contributed by atoms with van der Waals surface area (Å²) in [4.78, 5) is 16.1. The molecule has 158 valence electrons. The number of guanidine groups is 1. The molecule has 0 atom stereocenters. The molecular weight excluding hydrogens is 366 g/mol. The summed E-state index contributed by atoms with van der Waals surface area (Å²) in [5.41, 5.74) is 1.53. The van der Waals surface area contributed by atoms with E-state index < -0.39 is 5.97 Å². The van der Waals surface area contributed by atoms with E-state index in [0.717, 1.165) is 48.9 Å². The zero-order valence-electron chi connectivity index (χ0n) is 17.3. The third-order valence-electron chi connectivity index (χ3n) is 6.95. The van der Waals surface area contributed by atoms with Gasteiger partial charge in [0.1, 0.15) is 0 Å². The van der Waals surface area contributed by atoms with E-state index in [1.807, 2.05) is 0 Å². The Morgan fingerprint density at radius 1 is 1.14 bits per heavy atom. The number of methoxy groups -OCH3 is 1. The quantitative estimate of drug-likeness (QED) is 0.350. The smallest absolute Gasteiger partial charge is 0.335 e. The van der Waals surface area contributed by atoms with Crippen LogP contribution in [0.2, 0.25) is 0 Å². The lowest BCUT2D eigenvalue weighted by molar-refractivity contribution is -0.0465. The molecule has 4 aliphatic rings. The summed E-state index contributed by atoms with van der Waals surface area (Å²) >= 11 is 0. The maximum Gasteiger partial charge on any atom is 0.335 e. The number of rotatable bonds is 8. The number of nitrogens with zero attached hydrogens (tertiary/aromatic N) is 1. The molecule has 0 radical (unpaired) electrons. The minimum absolute atomic E-state index is 0.288. The number of benzene rings is 1. The summed E-state index contributed by atoms with van der Waals surface area (Å²) in [6.45, 7) is 2.37. The van der Waals surface area contributed by atoms with E-state index in [9.17, 15) is 4.79 Å². The van der Waals surface area contributed by atoms with E-state index in [0.29, 0.717) is 12.0 Å². The molecule has 4 saturated carbocycles. The van der Waals surface area contributed by atoms with Crippen LogP contribution in [0.3, 0.4) is 0 Å². The van der Waals surface area contributed by atoms with Crippen LogP contribution in [-0.2, 0) is 4.74 Å². The van der Waals surface area contributed by atoms with E-state index in [2.05, 4.69) is 10.6 Å². The number of carboxylic acid groups (broad SMARTS) is 1. The maximum absolute atomic E-state index is 11.1. The average Bonchev–Trinajstić information content (AvgIpc) is 2.68. The van der Waals surface area contributed by atoms with Crippen LogP contribution in [-0.4, -0.2) is 43.8 Å². The summed E-state index contributed by atoms with van der Waals surface area (Å²) in [6.07, 6.45) is 9.26. The molecule has 4 fully saturated rings. The summed E-state index contributed by atoms with van der Waals surface area (Å²) < 4.78 is 5.15. The number of aliphatic imine (C=N–C) groups is 1. The molecule has 1 aromatic carbocycles. The SMILES string of the molecule is COCCCNC(=NCC12CC3CC(CC(C3)C1)C2)Nc1ccc(C(=O)O)cc1. The van der Waals surface area contributed by atoms with Crippen LogP contribution in [0.4, 0.5) is 5.69 Å². The van der Waals surface area contributed by atoms with Crippen LogP contribution in [0.25, 0.3) is 0 Å². The van der Waals surface area contributed by atoms with Gasteiger partial charge in [-0.15, -0.1) is 0 Å². The molecule has 6 heteroatoms. The maximum atomic E-state index is 11.1. The van der Waals surface area contributed by atoms with E-state index >= 15 is 0 Å². The molecule has 0 unspecified atom stereocenters. The highest BCUT2D eigenvalue weighted by atomic mass is 16.5. The van der Waals surface area contributed by atoms with Crippen LogP contribution < -0.4 is 10.6 Å². The molecular formula is C23H33N3O3. The van der Waals surface area contributed by atoms with E-state index in [-0.39, 0.29) is 5.56 Å². The van der Waals surface area contributed by atoms with Gasteiger partial charge in [-0.1, -0.05) is 0 Å². The first-order valence-corrected chi connectivity index (χ1v) is 10.9. The van der Waals surface area contributed by atoms with Gasteiger partial charge in [0.25, 0.3) is 0 Å². The highest BCUT2D eigenvalue weighted by molar-refractivity contribution is 5.94. The van der Waals surface area contributed by atoms with Crippen molar-refractivity contribution in [2.24, 2.45) is 28.2 Å². The van der Waals surface area contributed by atoms with Crippen molar-refractivity contribution >= 4 is 17.6 Å². The monoisotopic (exact) mass is 399 g/mol. The van der Waals surface area contributed by atoms with Crippen LogP contribution in [0, 0.1) is 23.2 Å². The van der Waals surface area contributed by atoms with Crippen LogP contribution >= 0.6 is 0 Å².